The number of hydrogen-bond acceptors (Lipinski definition) is 2. The lowest BCUT2D eigenvalue weighted by Gasteiger charge is -2.13. The topological polar surface area (TPSA) is 57.5 Å². The first-order chi connectivity index (χ1) is 9.60. The van der Waals surface area contributed by atoms with Crippen LogP contribution in [0.3, 0.4) is 0 Å². The summed E-state index contributed by atoms with van der Waals surface area (Å²) in [6.07, 6.45) is 0.433. The maximum atomic E-state index is 11.5. The van der Waals surface area contributed by atoms with E-state index in [1.165, 1.54) is 0 Å². The number of aliphatic hydroxyl groups is 1. The number of aliphatic carboxylic acids is 1. The molecule has 104 valence electrons. The van der Waals surface area contributed by atoms with Gasteiger partial charge in [0.05, 0.1) is 12.5 Å². The monoisotopic (exact) mass is 334 g/mol. The minimum atomic E-state index is -0.835. The predicted molar refractivity (Wildman–Crippen MR) is 80.6 cm³/mol. The van der Waals surface area contributed by atoms with Crippen molar-refractivity contribution in [2.45, 2.75) is 18.9 Å². The fraction of sp³-hybridized carbons (Fsp3) is 0.188. The molecule has 3 nitrogen and oxygen atoms in total. The Morgan fingerprint density at radius 2 is 1.55 bits per heavy atom. The summed E-state index contributed by atoms with van der Waals surface area (Å²) >= 11 is 3.34. The van der Waals surface area contributed by atoms with E-state index in [0.29, 0.717) is 6.42 Å². The number of carbonyl (C=O) groups is 1. The Kier molecular flexibility index (Phi) is 4.93. The van der Waals surface area contributed by atoms with E-state index in [2.05, 4.69) is 15.9 Å². The molecular formula is C16H15BrO3. The minimum absolute atomic E-state index is 0.00461. The molecule has 0 aromatic heterocycles. The van der Waals surface area contributed by atoms with Gasteiger partial charge in [-0.2, -0.15) is 0 Å². The molecule has 1 unspecified atom stereocenters. The quantitative estimate of drug-likeness (QED) is 0.881. The van der Waals surface area contributed by atoms with Gasteiger partial charge in [0, 0.05) is 4.47 Å². The van der Waals surface area contributed by atoms with Crippen LogP contribution < -0.4 is 0 Å². The van der Waals surface area contributed by atoms with Crippen molar-refractivity contribution in [3.63, 3.8) is 0 Å². The van der Waals surface area contributed by atoms with E-state index in [9.17, 15) is 9.90 Å². The second-order valence-electron chi connectivity index (χ2n) is 4.62. The van der Waals surface area contributed by atoms with Gasteiger partial charge in [-0.1, -0.05) is 52.3 Å². The summed E-state index contributed by atoms with van der Waals surface area (Å²) in [6.45, 7) is -0.00461. The average Bonchev–Trinajstić information content (AvgIpc) is 2.46. The van der Waals surface area contributed by atoms with Crippen molar-refractivity contribution >= 4 is 21.9 Å². The van der Waals surface area contributed by atoms with E-state index in [1.807, 2.05) is 48.5 Å². The smallest absolute Gasteiger partial charge is 0.311 e. The number of hydrogen-bond donors (Lipinski definition) is 2. The molecule has 2 N–H and O–H groups in total. The lowest BCUT2D eigenvalue weighted by molar-refractivity contribution is -0.138. The first kappa shape index (κ1) is 14.8. The molecule has 0 spiro atoms. The van der Waals surface area contributed by atoms with Gasteiger partial charge in [-0.3, -0.25) is 4.79 Å². The Labute approximate surface area is 126 Å². The molecule has 0 bridgehead atoms. The lowest BCUT2D eigenvalue weighted by atomic mass is 9.92. The predicted octanol–water partition coefficient (Wildman–Crippen LogP) is 3.35. The summed E-state index contributed by atoms with van der Waals surface area (Å²) in [5.41, 5.74) is 2.55. The fourth-order valence-corrected chi connectivity index (χ4v) is 2.32. The number of benzene rings is 2. The number of carboxylic acids is 1. The highest BCUT2D eigenvalue weighted by atomic mass is 79.9. The Bertz CT molecular complexity index is 576. The van der Waals surface area contributed by atoms with Crippen LogP contribution in [0.1, 0.15) is 22.6 Å². The van der Waals surface area contributed by atoms with E-state index < -0.39 is 11.9 Å². The largest absolute Gasteiger partial charge is 0.481 e. The minimum Gasteiger partial charge on any atom is -0.481 e. The van der Waals surface area contributed by atoms with Crippen LogP contribution in [0.15, 0.2) is 53.0 Å². The maximum Gasteiger partial charge on any atom is 0.311 e. The van der Waals surface area contributed by atoms with Crippen LogP contribution >= 0.6 is 15.9 Å². The Hall–Kier alpha value is -1.65. The molecule has 0 aliphatic heterocycles. The molecule has 1 atom stereocenters. The van der Waals surface area contributed by atoms with Crippen LogP contribution in [0.4, 0.5) is 0 Å². The Morgan fingerprint density at radius 1 is 1.00 bits per heavy atom. The molecular weight excluding hydrogens is 320 g/mol. The van der Waals surface area contributed by atoms with Gasteiger partial charge in [-0.15, -0.1) is 0 Å². The highest BCUT2D eigenvalue weighted by molar-refractivity contribution is 9.10. The third-order valence-corrected chi connectivity index (χ3v) is 3.74. The van der Waals surface area contributed by atoms with E-state index in [0.717, 1.165) is 21.2 Å². The van der Waals surface area contributed by atoms with E-state index >= 15 is 0 Å². The molecule has 20 heavy (non-hydrogen) atoms. The van der Waals surface area contributed by atoms with Gasteiger partial charge in [-0.05, 0) is 35.2 Å². The zero-order chi connectivity index (χ0) is 14.5. The lowest BCUT2D eigenvalue weighted by Crippen LogP contribution is -2.14. The van der Waals surface area contributed by atoms with Gasteiger partial charge in [0.1, 0.15) is 0 Å². The van der Waals surface area contributed by atoms with Gasteiger partial charge in [-0.25, -0.2) is 0 Å². The van der Waals surface area contributed by atoms with E-state index in [1.54, 1.807) is 0 Å². The van der Waals surface area contributed by atoms with E-state index in [4.69, 9.17) is 5.11 Å². The number of carboxylic acid groups (broad SMARTS) is 1. The number of halogens is 1. The van der Waals surface area contributed by atoms with Crippen molar-refractivity contribution in [3.8, 4) is 0 Å². The van der Waals surface area contributed by atoms with Gasteiger partial charge in [0.25, 0.3) is 0 Å². The van der Waals surface area contributed by atoms with Crippen LogP contribution in [0.5, 0.6) is 0 Å². The third-order valence-electron chi connectivity index (χ3n) is 3.22. The van der Waals surface area contributed by atoms with Crippen LogP contribution in [-0.2, 0) is 17.8 Å². The zero-order valence-electron chi connectivity index (χ0n) is 10.8. The molecule has 0 radical (unpaired) electrons. The van der Waals surface area contributed by atoms with Gasteiger partial charge in [0.2, 0.25) is 0 Å². The molecule has 0 aliphatic rings. The van der Waals surface area contributed by atoms with Gasteiger partial charge >= 0.3 is 5.97 Å². The molecule has 2 rings (SSSR count). The van der Waals surface area contributed by atoms with Gasteiger partial charge in [0.15, 0.2) is 0 Å². The van der Waals surface area contributed by atoms with Crippen LogP contribution in [0.25, 0.3) is 0 Å². The molecule has 0 saturated carbocycles. The van der Waals surface area contributed by atoms with Crippen molar-refractivity contribution in [2.75, 3.05) is 0 Å². The molecule has 0 saturated heterocycles. The molecule has 2 aromatic carbocycles. The highest BCUT2D eigenvalue weighted by Crippen LogP contribution is 2.23. The van der Waals surface area contributed by atoms with Crippen molar-refractivity contribution in [1.29, 1.82) is 0 Å². The third kappa shape index (κ3) is 3.68. The standard InChI is InChI=1S/C16H15BrO3/c17-14-7-5-13(6-8-14)15(16(19)20)9-11-1-3-12(10-18)4-2-11/h1-8,15,18H,9-10H2,(H,19,20). The van der Waals surface area contributed by atoms with Crippen molar-refractivity contribution in [1.82, 2.24) is 0 Å². The van der Waals surface area contributed by atoms with Gasteiger partial charge < -0.3 is 10.2 Å². The van der Waals surface area contributed by atoms with E-state index in [-0.39, 0.29) is 6.61 Å². The summed E-state index contributed by atoms with van der Waals surface area (Å²) in [6, 6.07) is 14.7. The molecule has 0 amide bonds. The first-order valence-corrected chi connectivity index (χ1v) is 7.06. The molecule has 0 fully saturated rings. The average molecular weight is 335 g/mol. The summed E-state index contributed by atoms with van der Waals surface area (Å²) < 4.78 is 0.928. The molecule has 0 aliphatic carbocycles. The molecule has 4 heteroatoms. The van der Waals surface area contributed by atoms with Crippen molar-refractivity contribution in [3.05, 3.63) is 69.7 Å². The Morgan fingerprint density at radius 3 is 2.05 bits per heavy atom. The fourth-order valence-electron chi connectivity index (χ4n) is 2.06. The van der Waals surface area contributed by atoms with Crippen molar-refractivity contribution < 1.29 is 15.0 Å². The van der Waals surface area contributed by atoms with Crippen LogP contribution in [-0.4, -0.2) is 16.2 Å². The Balaban J connectivity index is 2.20. The summed E-state index contributed by atoms with van der Waals surface area (Å²) in [7, 11) is 0. The summed E-state index contributed by atoms with van der Waals surface area (Å²) in [4.78, 5) is 11.5. The molecule has 2 aromatic rings. The highest BCUT2D eigenvalue weighted by Gasteiger charge is 2.20. The second-order valence-corrected chi connectivity index (χ2v) is 5.54. The molecule has 0 heterocycles. The van der Waals surface area contributed by atoms with Crippen LogP contribution in [0, 0.1) is 0 Å². The number of rotatable bonds is 5. The first-order valence-electron chi connectivity index (χ1n) is 6.27. The van der Waals surface area contributed by atoms with Crippen molar-refractivity contribution in [2.24, 2.45) is 0 Å². The maximum absolute atomic E-state index is 11.5. The zero-order valence-corrected chi connectivity index (χ0v) is 12.4. The number of aliphatic hydroxyl groups excluding tert-OH is 1. The normalized spacial score (nSPS) is 12.1. The summed E-state index contributed by atoms with van der Waals surface area (Å²) in [5, 5.41) is 18.4. The second kappa shape index (κ2) is 6.68. The summed E-state index contributed by atoms with van der Waals surface area (Å²) in [5.74, 6) is -1.40. The SMILES string of the molecule is O=C(O)C(Cc1ccc(CO)cc1)c1ccc(Br)cc1. The van der Waals surface area contributed by atoms with Crippen LogP contribution in [0.2, 0.25) is 0 Å².